The lowest BCUT2D eigenvalue weighted by Gasteiger charge is -2.30. The number of hydrogen-bond acceptors (Lipinski definition) is 5. The Morgan fingerprint density at radius 3 is 2.37 bits per heavy atom. The summed E-state index contributed by atoms with van der Waals surface area (Å²) in [4.78, 5) is 40.9. The zero-order chi connectivity index (χ0) is 25.2. The number of nitrogens with zero attached hydrogens (tertiary/aromatic N) is 1. The van der Waals surface area contributed by atoms with E-state index in [0.717, 1.165) is 31.5 Å². The second kappa shape index (κ2) is 13.3. The van der Waals surface area contributed by atoms with Gasteiger partial charge in [0, 0.05) is 25.2 Å². The van der Waals surface area contributed by atoms with Gasteiger partial charge in [-0.2, -0.15) is 0 Å². The predicted octanol–water partition coefficient (Wildman–Crippen LogP) is 4.53. The molecule has 1 aliphatic carbocycles. The topological polar surface area (TPSA) is 120 Å². The molecule has 8 nitrogen and oxygen atoms in total. The van der Waals surface area contributed by atoms with Crippen molar-refractivity contribution >= 4 is 46.8 Å². The zero-order valence-electron chi connectivity index (χ0n) is 19.3. The number of aromatic nitrogens is 1. The van der Waals surface area contributed by atoms with Gasteiger partial charge >= 0.3 is 5.97 Å². The Labute approximate surface area is 214 Å². The summed E-state index contributed by atoms with van der Waals surface area (Å²) in [6.07, 6.45) is 6.26. The minimum Gasteiger partial charge on any atom is -0.480 e. The second-order valence-electron chi connectivity index (χ2n) is 8.73. The molecular weight excluding hydrogens is 491 g/mol. The Balaban J connectivity index is 1.39. The van der Waals surface area contributed by atoms with Crippen molar-refractivity contribution in [3.63, 3.8) is 0 Å². The summed E-state index contributed by atoms with van der Waals surface area (Å²) in [7, 11) is 0. The van der Waals surface area contributed by atoms with Gasteiger partial charge in [-0.1, -0.05) is 35.3 Å². The average molecular weight is 521 g/mol. The van der Waals surface area contributed by atoms with Crippen LogP contribution in [0, 0.1) is 5.92 Å². The predicted molar refractivity (Wildman–Crippen MR) is 136 cm³/mol. The van der Waals surface area contributed by atoms with Gasteiger partial charge in [0.05, 0.1) is 15.6 Å². The molecule has 35 heavy (non-hydrogen) atoms. The van der Waals surface area contributed by atoms with Crippen LogP contribution in [0.1, 0.15) is 55.3 Å². The number of carboxylic acids is 1. The number of amides is 2. The molecule has 0 radical (unpaired) electrons. The largest absolute Gasteiger partial charge is 0.480 e. The molecule has 0 unspecified atom stereocenters. The maximum absolute atomic E-state index is 12.6. The van der Waals surface area contributed by atoms with E-state index in [1.165, 1.54) is 12.1 Å². The van der Waals surface area contributed by atoms with Crippen LogP contribution < -0.4 is 16.0 Å². The number of carbonyl (C=O) groups excluding carboxylic acids is 2. The van der Waals surface area contributed by atoms with Gasteiger partial charge in [0.15, 0.2) is 0 Å². The number of benzene rings is 1. The first-order valence-corrected chi connectivity index (χ1v) is 12.5. The van der Waals surface area contributed by atoms with Crippen molar-refractivity contribution < 1.29 is 19.5 Å². The third kappa shape index (κ3) is 8.40. The van der Waals surface area contributed by atoms with E-state index in [9.17, 15) is 19.5 Å². The van der Waals surface area contributed by atoms with Crippen molar-refractivity contribution in [3.8, 4) is 0 Å². The summed E-state index contributed by atoms with van der Waals surface area (Å²) in [5.74, 6) is -0.766. The van der Waals surface area contributed by atoms with Crippen LogP contribution >= 0.6 is 23.2 Å². The van der Waals surface area contributed by atoms with Crippen LogP contribution in [0.5, 0.6) is 0 Å². The zero-order valence-corrected chi connectivity index (χ0v) is 20.8. The monoisotopic (exact) mass is 520 g/mol. The van der Waals surface area contributed by atoms with E-state index < -0.39 is 17.9 Å². The van der Waals surface area contributed by atoms with E-state index in [-0.39, 0.29) is 33.5 Å². The molecular formula is C25H30Cl2N4O4. The van der Waals surface area contributed by atoms with Crippen LogP contribution in [0.15, 0.2) is 42.6 Å². The molecule has 0 spiro atoms. The Morgan fingerprint density at radius 1 is 1.03 bits per heavy atom. The molecule has 1 fully saturated rings. The number of anilines is 1. The number of pyridine rings is 1. The third-order valence-corrected chi connectivity index (χ3v) is 6.76. The molecule has 1 saturated carbocycles. The van der Waals surface area contributed by atoms with Crippen molar-refractivity contribution in [2.75, 3.05) is 11.9 Å². The van der Waals surface area contributed by atoms with E-state index in [2.05, 4.69) is 20.9 Å². The number of aliphatic carboxylic acids is 1. The lowest BCUT2D eigenvalue weighted by atomic mass is 9.82. The molecule has 2 amide bonds. The summed E-state index contributed by atoms with van der Waals surface area (Å²) in [5, 5.41) is 18.8. The van der Waals surface area contributed by atoms with Gasteiger partial charge in [0.2, 0.25) is 5.91 Å². The van der Waals surface area contributed by atoms with E-state index >= 15 is 0 Å². The smallest absolute Gasteiger partial charge is 0.326 e. The molecule has 0 bridgehead atoms. The fourth-order valence-electron chi connectivity index (χ4n) is 4.28. The normalized spacial score (nSPS) is 18.3. The molecule has 0 aliphatic heterocycles. The molecule has 10 heteroatoms. The first kappa shape index (κ1) is 26.8. The van der Waals surface area contributed by atoms with Gasteiger partial charge in [-0.25, -0.2) is 9.78 Å². The van der Waals surface area contributed by atoms with E-state index in [1.54, 1.807) is 12.3 Å². The summed E-state index contributed by atoms with van der Waals surface area (Å²) in [6.45, 7) is 0.666. The molecule has 4 N–H and O–H groups in total. The molecule has 1 atom stereocenters. The van der Waals surface area contributed by atoms with Crippen LogP contribution in [0.2, 0.25) is 10.0 Å². The molecule has 1 aromatic carbocycles. The average Bonchev–Trinajstić information content (AvgIpc) is 2.83. The lowest BCUT2D eigenvalue weighted by molar-refractivity contribution is -0.139. The van der Waals surface area contributed by atoms with Gasteiger partial charge < -0.3 is 21.1 Å². The minimum atomic E-state index is -1.10. The molecule has 2 aromatic rings. The molecule has 1 aliphatic rings. The van der Waals surface area contributed by atoms with Crippen molar-refractivity contribution in [3.05, 3.63) is 58.2 Å². The van der Waals surface area contributed by atoms with Crippen LogP contribution in [-0.4, -0.2) is 46.5 Å². The highest BCUT2D eigenvalue weighted by molar-refractivity contribution is 6.39. The van der Waals surface area contributed by atoms with Crippen LogP contribution in [0.4, 0.5) is 5.82 Å². The van der Waals surface area contributed by atoms with Gasteiger partial charge in [-0.3, -0.25) is 9.59 Å². The Hall–Kier alpha value is -2.84. The number of carbonyl (C=O) groups is 3. The number of nitrogens with one attached hydrogen (secondary N) is 3. The van der Waals surface area contributed by atoms with E-state index in [1.807, 2.05) is 18.2 Å². The fourth-order valence-corrected chi connectivity index (χ4v) is 4.84. The van der Waals surface area contributed by atoms with Gasteiger partial charge in [-0.15, -0.1) is 0 Å². The number of carboxylic acid groups (broad SMARTS) is 1. The van der Waals surface area contributed by atoms with E-state index in [4.69, 9.17) is 23.2 Å². The highest BCUT2D eigenvalue weighted by Crippen LogP contribution is 2.29. The summed E-state index contributed by atoms with van der Waals surface area (Å²) in [5.41, 5.74) is 0.0729. The molecule has 1 heterocycles. The highest BCUT2D eigenvalue weighted by atomic mass is 35.5. The van der Waals surface area contributed by atoms with Crippen LogP contribution in [0.25, 0.3) is 0 Å². The highest BCUT2D eigenvalue weighted by Gasteiger charge is 2.29. The van der Waals surface area contributed by atoms with Gasteiger partial charge in [0.25, 0.3) is 5.91 Å². The van der Waals surface area contributed by atoms with Crippen molar-refractivity contribution in [2.45, 2.75) is 57.0 Å². The van der Waals surface area contributed by atoms with Gasteiger partial charge in [-0.05, 0) is 68.7 Å². The molecule has 1 aromatic heterocycles. The SMILES string of the molecule is O=C(CCCNc1ccccn1)N[C@H]1CC[C@@H](C[C@H](NC(=O)c2c(Cl)cccc2Cl)C(=O)O)CC1. The summed E-state index contributed by atoms with van der Waals surface area (Å²) in [6, 6.07) is 9.36. The minimum absolute atomic E-state index is 0.0172. The van der Waals surface area contributed by atoms with Crippen molar-refractivity contribution in [1.29, 1.82) is 0 Å². The van der Waals surface area contributed by atoms with Crippen LogP contribution in [0.3, 0.4) is 0 Å². The maximum Gasteiger partial charge on any atom is 0.326 e. The lowest BCUT2D eigenvalue weighted by Crippen LogP contribution is -2.43. The van der Waals surface area contributed by atoms with Crippen molar-refractivity contribution in [1.82, 2.24) is 15.6 Å². The Morgan fingerprint density at radius 2 is 1.74 bits per heavy atom. The first-order chi connectivity index (χ1) is 16.8. The molecule has 188 valence electrons. The third-order valence-electron chi connectivity index (χ3n) is 6.13. The maximum atomic E-state index is 12.6. The molecule has 3 rings (SSSR count). The summed E-state index contributed by atoms with van der Waals surface area (Å²) >= 11 is 12.1. The standard InChI is InChI=1S/C25H30Cl2N4O4/c26-18-5-3-6-19(27)23(18)24(33)31-20(25(34)35)15-16-9-11-17(12-10-16)30-22(32)8-4-14-29-21-7-1-2-13-28-21/h1-3,5-7,13,16-17,20H,4,8-12,14-15H2,(H,28,29)(H,30,32)(H,31,33)(H,34,35)/t16-,17+,20-/m0/s1. The Bertz CT molecular complexity index is 994. The Kier molecular flexibility index (Phi) is 10.2. The number of hydrogen-bond donors (Lipinski definition) is 4. The van der Waals surface area contributed by atoms with Crippen LogP contribution in [-0.2, 0) is 9.59 Å². The number of rotatable bonds is 11. The molecule has 0 saturated heterocycles. The van der Waals surface area contributed by atoms with Gasteiger partial charge in [0.1, 0.15) is 11.9 Å². The number of halogens is 2. The first-order valence-electron chi connectivity index (χ1n) is 11.8. The fraction of sp³-hybridized carbons (Fsp3) is 0.440. The van der Waals surface area contributed by atoms with Crippen molar-refractivity contribution in [2.24, 2.45) is 5.92 Å². The summed E-state index contributed by atoms with van der Waals surface area (Å²) < 4.78 is 0. The van der Waals surface area contributed by atoms with E-state index in [0.29, 0.717) is 25.8 Å². The second-order valence-corrected chi connectivity index (χ2v) is 9.54. The quantitative estimate of drug-likeness (QED) is 0.323.